The molecule has 0 bridgehead atoms. The maximum atomic E-state index is 12.2. The fourth-order valence-electron chi connectivity index (χ4n) is 2.22. The summed E-state index contributed by atoms with van der Waals surface area (Å²) >= 11 is 5.83. The second-order valence-electron chi connectivity index (χ2n) is 5.04. The number of rotatable bonds is 4. The summed E-state index contributed by atoms with van der Waals surface area (Å²) < 4.78 is 1.20. The highest BCUT2D eigenvalue weighted by molar-refractivity contribution is 6.30. The van der Waals surface area contributed by atoms with E-state index in [0.29, 0.717) is 34.8 Å². The van der Waals surface area contributed by atoms with E-state index >= 15 is 0 Å². The second-order valence-corrected chi connectivity index (χ2v) is 5.48. The Morgan fingerprint density at radius 3 is 2.61 bits per heavy atom. The van der Waals surface area contributed by atoms with E-state index in [9.17, 15) is 15.2 Å². The lowest BCUT2D eigenvalue weighted by Crippen LogP contribution is -2.25. The summed E-state index contributed by atoms with van der Waals surface area (Å²) in [5.41, 5.74) is 0.978. The summed E-state index contributed by atoms with van der Waals surface area (Å²) in [6.07, 6.45) is 2.12. The molecule has 1 aromatic carbocycles. The summed E-state index contributed by atoms with van der Waals surface area (Å²) in [5.74, 6) is -0.175. The first-order valence-corrected chi connectivity index (χ1v) is 7.53. The van der Waals surface area contributed by atoms with Crippen molar-refractivity contribution in [2.45, 2.75) is 26.8 Å². The van der Waals surface area contributed by atoms with Crippen molar-refractivity contribution < 1.29 is 5.11 Å². The van der Waals surface area contributed by atoms with Gasteiger partial charge in [-0.1, -0.05) is 18.5 Å². The topological polar surface area (TPSA) is 78.4 Å². The van der Waals surface area contributed by atoms with Crippen molar-refractivity contribution in [2.75, 3.05) is 0 Å². The Labute approximate surface area is 139 Å². The summed E-state index contributed by atoms with van der Waals surface area (Å²) in [6.45, 7) is 3.85. The van der Waals surface area contributed by atoms with Crippen LogP contribution < -0.4 is 5.56 Å². The molecule has 0 saturated heterocycles. The lowest BCUT2D eigenvalue weighted by molar-refractivity contribution is 0.403. The van der Waals surface area contributed by atoms with Crippen LogP contribution in [0.1, 0.15) is 30.0 Å². The second kappa shape index (κ2) is 7.12. The third kappa shape index (κ3) is 3.43. The lowest BCUT2D eigenvalue weighted by Gasteiger charge is -2.13. The first kappa shape index (κ1) is 16.8. The molecule has 2 aromatic rings. The molecule has 0 spiro atoms. The molecular weight excluding hydrogens is 314 g/mol. The molecule has 1 aromatic heterocycles. The predicted octanol–water partition coefficient (Wildman–Crippen LogP) is 3.55. The number of pyridine rings is 1. The third-order valence-electron chi connectivity index (χ3n) is 3.46. The van der Waals surface area contributed by atoms with Crippen molar-refractivity contribution in [3.8, 4) is 11.9 Å². The van der Waals surface area contributed by atoms with E-state index < -0.39 is 5.56 Å². The van der Waals surface area contributed by atoms with Gasteiger partial charge in [-0.3, -0.25) is 14.4 Å². The fourth-order valence-corrected chi connectivity index (χ4v) is 2.35. The van der Waals surface area contributed by atoms with Crippen LogP contribution in [0.3, 0.4) is 0 Å². The van der Waals surface area contributed by atoms with Crippen LogP contribution in [0.5, 0.6) is 5.88 Å². The molecule has 1 N–H and O–H groups in total. The summed E-state index contributed by atoms with van der Waals surface area (Å²) in [7, 11) is 0. The van der Waals surface area contributed by atoms with E-state index in [1.54, 1.807) is 31.2 Å². The van der Waals surface area contributed by atoms with Crippen molar-refractivity contribution in [3.05, 3.63) is 56.3 Å². The number of aromatic hydroxyl groups is 1. The van der Waals surface area contributed by atoms with Gasteiger partial charge in [0.25, 0.3) is 5.56 Å². The highest BCUT2D eigenvalue weighted by atomic mass is 35.5. The molecule has 0 amide bonds. The van der Waals surface area contributed by atoms with Crippen LogP contribution in [-0.4, -0.2) is 15.9 Å². The first-order valence-electron chi connectivity index (χ1n) is 7.15. The summed E-state index contributed by atoms with van der Waals surface area (Å²) in [4.78, 5) is 16.5. The zero-order valence-electron chi connectivity index (χ0n) is 12.9. The third-order valence-corrected chi connectivity index (χ3v) is 3.71. The normalized spacial score (nSPS) is 10.9. The van der Waals surface area contributed by atoms with Crippen LogP contribution in [0.2, 0.25) is 5.02 Å². The molecule has 0 saturated carbocycles. The number of nitriles is 1. The zero-order valence-corrected chi connectivity index (χ0v) is 13.6. The smallest absolute Gasteiger partial charge is 0.271 e. The van der Waals surface area contributed by atoms with Crippen molar-refractivity contribution in [3.63, 3.8) is 0 Å². The van der Waals surface area contributed by atoms with E-state index in [1.165, 1.54) is 10.8 Å². The molecule has 0 fully saturated rings. The average molecular weight is 330 g/mol. The van der Waals surface area contributed by atoms with Gasteiger partial charge < -0.3 is 5.11 Å². The minimum atomic E-state index is -0.479. The van der Waals surface area contributed by atoms with Crippen LogP contribution in [-0.2, 0) is 6.54 Å². The molecule has 2 rings (SSSR count). The van der Waals surface area contributed by atoms with Gasteiger partial charge >= 0.3 is 0 Å². The number of benzene rings is 1. The van der Waals surface area contributed by atoms with Crippen LogP contribution in [0.25, 0.3) is 0 Å². The van der Waals surface area contributed by atoms with Gasteiger partial charge in [-0.2, -0.15) is 5.26 Å². The Morgan fingerprint density at radius 1 is 1.39 bits per heavy atom. The van der Waals surface area contributed by atoms with Crippen LogP contribution >= 0.6 is 11.6 Å². The highest BCUT2D eigenvalue weighted by Crippen LogP contribution is 2.22. The Balaban J connectivity index is 2.57. The Kier molecular flexibility index (Phi) is 5.20. The minimum Gasteiger partial charge on any atom is -0.494 e. The number of hydrogen-bond donors (Lipinski definition) is 1. The molecule has 118 valence electrons. The Morgan fingerprint density at radius 2 is 2.04 bits per heavy atom. The zero-order chi connectivity index (χ0) is 17.0. The van der Waals surface area contributed by atoms with Gasteiger partial charge in [0.2, 0.25) is 5.88 Å². The van der Waals surface area contributed by atoms with Crippen LogP contribution in [0.15, 0.2) is 34.1 Å². The van der Waals surface area contributed by atoms with Crippen LogP contribution in [0.4, 0.5) is 5.69 Å². The molecule has 6 heteroatoms. The van der Waals surface area contributed by atoms with E-state index in [1.807, 2.05) is 13.0 Å². The van der Waals surface area contributed by atoms with E-state index in [0.717, 1.165) is 0 Å². The largest absolute Gasteiger partial charge is 0.494 e. The fraction of sp³-hybridized carbons (Fsp3) is 0.235. The van der Waals surface area contributed by atoms with Crippen molar-refractivity contribution in [2.24, 2.45) is 4.99 Å². The van der Waals surface area contributed by atoms with Crippen molar-refractivity contribution >= 4 is 23.5 Å². The van der Waals surface area contributed by atoms with Crippen molar-refractivity contribution in [1.29, 1.82) is 5.26 Å². The first-order chi connectivity index (χ1) is 11.0. The number of aliphatic imine (C=N–C) groups is 1. The van der Waals surface area contributed by atoms with E-state index in [4.69, 9.17) is 11.6 Å². The lowest BCUT2D eigenvalue weighted by atomic mass is 10.1. The Bertz CT molecular complexity index is 846. The molecule has 0 aliphatic heterocycles. The summed E-state index contributed by atoms with van der Waals surface area (Å²) in [5, 5.41) is 20.2. The van der Waals surface area contributed by atoms with Crippen LogP contribution in [0, 0.1) is 18.3 Å². The van der Waals surface area contributed by atoms with Gasteiger partial charge in [-0.05, 0) is 43.2 Å². The highest BCUT2D eigenvalue weighted by Gasteiger charge is 2.17. The Hall–Kier alpha value is -2.58. The minimum absolute atomic E-state index is 0.0220. The van der Waals surface area contributed by atoms with E-state index in [-0.39, 0.29) is 11.4 Å². The number of aromatic nitrogens is 1. The quantitative estimate of drug-likeness (QED) is 0.871. The molecule has 0 atom stereocenters. The van der Waals surface area contributed by atoms with Gasteiger partial charge in [0, 0.05) is 17.8 Å². The van der Waals surface area contributed by atoms with Crippen molar-refractivity contribution in [1.82, 2.24) is 4.57 Å². The van der Waals surface area contributed by atoms with Gasteiger partial charge in [0.1, 0.15) is 11.6 Å². The molecular formula is C17H16ClN3O2. The van der Waals surface area contributed by atoms with Gasteiger partial charge in [-0.15, -0.1) is 0 Å². The number of nitrogens with zero attached hydrogens (tertiary/aromatic N) is 3. The molecule has 1 heterocycles. The monoisotopic (exact) mass is 329 g/mol. The standard InChI is InChI=1S/C17H16ClN3O2/c1-3-8-21-16(22)14(9-19)11(2)15(17(21)23)10-20-13-6-4-12(18)5-7-13/h4-7,10,23H,3,8H2,1-2H3. The molecule has 0 radical (unpaired) electrons. The maximum absolute atomic E-state index is 12.2. The van der Waals surface area contributed by atoms with E-state index in [2.05, 4.69) is 4.99 Å². The molecule has 0 aliphatic carbocycles. The maximum Gasteiger partial charge on any atom is 0.271 e. The van der Waals surface area contributed by atoms with Gasteiger partial charge in [-0.25, -0.2) is 0 Å². The average Bonchev–Trinajstić information content (AvgIpc) is 2.53. The molecule has 0 aliphatic rings. The number of hydrogen-bond acceptors (Lipinski definition) is 4. The predicted molar refractivity (Wildman–Crippen MR) is 90.8 cm³/mol. The number of halogens is 1. The summed E-state index contributed by atoms with van der Waals surface area (Å²) in [6, 6.07) is 8.80. The SMILES string of the molecule is CCCn1c(O)c(C=Nc2ccc(Cl)cc2)c(C)c(C#N)c1=O. The molecule has 5 nitrogen and oxygen atoms in total. The molecule has 0 unspecified atom stereocenters. The molecule has 23 heavy (non-hydrogen) atoms. The van der Waals surface area contributed by atoms with Gasteiger partial charge in [0.15, 0.2) is 0 Å². The van der Waals surface area contributed by atoms with Gasteiger partial charge in [0.05, 0.1) is 11.3 Å².